The summed E-state index contributed by atoms with van der Waals surface area (Å²) >= 11 is 0. The SMILES string of the molecule is Nc1ccccc1CC(=O)Nc1ccccc1Oc1ccccc1. The first kappa shape index (κ1) is 15.6. The van der Waals surface area contributed by atoms with Crippen LogP contribution < -0.4 is 15.8 Å². The van der Waals surface area contributed by atoms with Gasteiger partial charge in [0.05, 0.1) is 12.1 Å². The molecule has 3 rings (SSSR count). The van der Waals surface area contributed by atoms with Crippen molar-refractivity contribution in [3.63, 3.8) is 0 Å². The number of hydrogen-bond acceptors (Lipinski definition) is 3. The van der Waals surface area contributed by atoms with Crippen molar-refractivity contribution >= 4 is 17.3 Å². The molecule has 0 saturated heterocycles. The molecule has 0 fully saturated rings. The number of nitrogens with one attached hydrogen (secondary N) is 1. The zero-order valence-electron chi connectivity index (χ0n) is 13.1. The predicted octanol–water partition coefficient (Wildman–Crippen LogP) is 4.24. The van der Waals surface area contributed by atoms with Gasteiger partial charge in [0.15, 0.2) is 5.75 Å². The molecule has 0 spiro atoms. The highest BCUT2D eigenvalue weighted by molar-refractivity contribution is 5.94. The van der Waals surface area contributed by atoms with Gasteiger partial charge in [-0.15, -0.1) is 0 Å². The first-order valence-corrected chi connectivity index (χ1v) is 7.67. The summed E-state index contributed by atoms with van der Waals surface area (Å²) < 4.78 is 5.84. The largest absolute Gasteiger partial charge is 0.455 e. The lowest BCUT2D eigenvalue weighted by molar-refractivity contribution is -0.115. The molecule has 120 valence electrons. The molecule has 0 aliphatic heterocycles. The Balaban J connectivity index is 1.73. The molecule has 0 unspecified atom stereocenters. The summed E-state index contributed by atoms with van der Waals surface area (Å²) in [5, 5.41) is 2.89. The molecule has 4 nitrogen and oxygen atoms in total. The molecule has 0 bridgehead atoms. The van der Waals surface area contributed by atoms with Crippen molar-refractivity contribution in [1.29, 1.82) is 0 Å². The molecule has 1 amide bonds. The van der Waals surface area contributed by atoms with Gasteiger partial charge < -0.3 is 15.8 Å². The van der Waals surface area contributed by atoms with Crippen molar-refractivity contribution in [1.82, 2.24) is 0 Å². The number of rotatable bonds is 5. The monoisotopic (exact) mass is 318 g/mol. The molecule has 0 saturated carbocycles. The summed E-state index contributed by atoms with van der Waals surface area (Å²) in [6, 6.07) is 24.1. The van der Waals surface area contributed by atoms with E-state index in [1.54, 1.807) is 6.07 Å². The van der Waals surface area contributed by atoms with Gasteiger partial charge in [-0.05, 0) is 35.9 Å². The summed E-state index contributed by atoms with van der Waals surface area (Å²) in [4.78, 5) is 12.3. The van der Waals surface area contributed by atoms with Crippen LogP contribution in [0.2, 0.25) is 0 Å². The Labute approximate surface area is 140 Å². The van der Waals surface area contributed by atoms with Crippen LogP contribution >= 0.6 is 0 Å². The number of nitrogens with two attached hydrogens (primary N) is 1. The van der Waals surface area contributed by atoms with Gasteiger partial charge in [-0.3, -0.25) is 4.79 Å². The molecule has 24 heavy (non-hydrogen) atoms. The van der Waals surface area contributed by atoms with Crippen molar-refractivity contribution in [2.24, 2.45) is 0 Å². The van der Waals surface area contributed by atoms with Gasteiger partial charge in [-0.25, -0.2) is 0 Å². The van der Waals surface area contributed by atoms with Crippen LogP contribution in [0.3, 0.4) is 0 Å². The minimum absolute atomic E-state index is 0.142. The third-order valence-corrected chi connectivity index (χ3v) is 3.54. The van der Waals surface area contributed by atoms with E-state index in [0.29, 0.717) is 22.9 Å². The molecule has 3 N–H and O–H groups in total. The quantitative estimate of drug-likeness (QED) is 0.691. The number of benzene rings is 3. The van der Waals surface area contributed by atoms with Gasteiger partial charge in [-0.2, -0.15) is 0 Å². The number of anilines is 2. The maximum Gasteiger partial charge on any atom is 0.228 e. The number of carbonyl (C=O) groups excluding carboxylic acids is 1. The topological polar surface area (TPSA) is 64.4 Å². The van der Waals surface area contributed by atoms with E-state index in [4.69, 9.17) is 10.5 Å². The molecule has 0 aliphatic carbocycles. The third kappa shape index (κ3) is 3.93. The fourth-order valence-electron chi connectivity index (χ4n) is 2.34. The van der Waals surface area contributed by atoms with Gasteiger partial charge >= 0.3 is 0 Å². The van der Waals surface area contributed by atoms with Crippen LogP contribution in [0.5, 0.6) is 11.5 Å². The lowest BCUT2D eigenvalue weighted by atomic mass is 10.1. The van der Waals surface area contributed by atoms with E-state index >= 15 is 0 Å². The molecule has 0 heterocycles. The lowest BCUT2D eigenvalue weighted by Crippen LogP contribution is -2.15. The van der Waals surface area contributed by atoms with E-state index in [1.807, 2.05) is 72.8 Å². The van der Waals surface area contributed by atoms with E-state index in [9.17, 15) is 4.79 Å². The van der Waals surface area contributed by atoms with Gasteiger partial charge in [0, 0.05) is 5.69 Å². The molecular weight excluding hydrogens is 300 g/mol. The van der Waals surface area contributed by atoms with Crippen LogP contribution in [0.15, 0.2) is 78.9 Å². The Kier molecular flexibility index (Phi) is 4.77. The smallest absolute Gasteiger partial charge is 0.228 e. The van der Waals surface area contributed by atoms with Crippen LogP contribution in [-0.2, 0) is 11.2 Å². The Morgan fingerprint density at radius 3 is 2.33 bits per heavy atom. The van der Waals surface area contributed by atoms with Gasteiger partial charge in [0.1, 0.15) is 5.75 Å². The van der Waals surface area contributed by atoms with Crippen molar-refractivity contribution in [2.45, 2.75) is 6.42 Å². The zero-order valence-corrected chi connectivity index (χ0v) is 13.1. The second kappa shape index (κ2) is 7.33. The first-order valence-electron chi connectivity index (χ1n) is 7.67. The van der Waals surface area contributed by atoms with Crippen LogP contribution in [0.1, 0.15) is 5.56 Å². The molecular formula is C20H18N2O2. The summed E-state index contributed by atoms with van der Waals surface area (Å²) in [7, 11) is 0. The second-order valence-corrected chi connectivity index (χ2v) is 5.34. The van der Waals surface area contributed by atoms with E-state index in [-0.39, 0.29) is 12.3 Å². The third-order valence-electron chi connectivity index (χ3n) is 3.54. The van der Waals surface area contributed by atoms with Crippen molar-refractivity contribution in [2.75, 3.05) is 11.1 Å². The summed E-state index contributed by atoms with van der Waals surface area (Å²) in [5.74, 6) is 1.17. The number of para-hydroxylation sites is 4. The lowest BCUT2D eigenvalue weighted by Gasteiger charge is -2.12. The minimum atomic E-state index is -0.142. The molecule has 4 heteroatoms. The highest BCUT2D eigenvalue weighted by Gasteiger charge is 2.10. The van der Waals surface area contributed by atoms with Crippen LogP contribution in [0.4, 0.5) is 11.4 Å². The van der Waals surface area contributed by atoms with Gasteiger partial charge in [0.2, 0.25) is 5.91 Å². The molecule has 0 atom stereocenters. The number of nitrogen functional groups attached to an aromatic ring is 1. The standard InChI is InChI=1S/C20H18N2O2/c21-17-11-5-4-8-15(17)14-20(23)22-18-12-6-7-13-19(18)24-16-9-2-1-3-10-16/h1-13H,14,21H2,(H,22,23). The molecule has 0 aliphatic rings. The molecule has 3 aromatic rings. The average molecular weight is 318 g/mol. The Hall–Kier alpha value is -3.27. The Bertz CT molecular complexity index is 832. The molecule has 0 radical (unpaired) electrons. The Morgan fingerprint density at radius 2 is 1.54 bits per heavy atom. The number of amides is 1. The number of hydrogen-bond donors (Lipinski definition) is 2. The fraction of sp³-hybridized carbons (Fsp3) is 0.0500. The van der Waals surface area contributed by atoms with E-state index in [1.165, 1.54) is 0 Å². The van der Waals surface area contributed by atoms with Crippen LogP contribution in [0, 0.1) is 0 Å². The van der Waals surface area contributed by atoms with E-state index in [2.05, 4.69) is 5.32 Å². The summed E-state index contributed by atoms with van der Waals surface area (Å²) in [5.41, 5.74) is 7.93. The van der Waals surface area contributed by atoms with Crippen LogP contribution in [-0.4, -0.2) is 5.91 Å². The van der Waals surface area contributed by atoms with Gasteiger partial charge in [-0.1, -0.05) is 48.5 Å². The maximum absolute atomic E-state index is 12.3. The van der Waals surface area contributed by atoms with Crippen molar-refractivity contribution < 1.29 is 9.53 Å². The zero-order chi connectivity index (χ0) is 16.8. The summed E-state index contributed by atoms with van der Waals surface area (Å²) in [6.45, 7) is 0. The highest BCUT2D eigenvalue weighted by atomic mass is 16.5. The predicted molar refractivity (Wildman–Crippen MR) is 96.1 cm³/mol. The minimum Gasteiger partial charge on any atom is -0.455 e. The highest BCUT2D eigenvalue weighted by Crippen LogP contribution is 2.29. The first-order chi connectivity index (χ1) is 11.7. The van der Waals surface area contributed by atoms with Crippen molar-refractivity contribution in [3.8, 4) is 11.5 Å². The van der Waals surface area contributed by atoms with Crippen molar-refractivity contribution in [3.05, 3.63) is 84.4 Å². The fourth-order valence-corrected chi connectivity index (χ4v) is 2.34. The van der Waals surface area contributed by atoms with E-state index < -0.39 is 0 Å². The maximum atomic E-state index is 12.3. The number of carbonyl (C=O) groups is 1. The average Bonchev–Trinajstić information content (AvgIpc) is 2.60. The van der Waals surface area contributed by atoms with E-state index in [0.717, 1.165) is 5.56 Å². The Morgan fingerprint density at radius 1 is 0.875 bits per heavy atom. The van der Waals surface area contributed by atoms with Gasteiger partial charge in [0.25, 0.3) is 0 Å². The second-order valence-electron chi connectivity index (χ2n) is 5.34. The number of ether oxygens (including phenoxy) is 1. The molecule has 0 aromatic heterocycles. The van der Waals surface area contributed by atoms with Crippen LogP contribution in [0.25, 0.3) is 0 Å². The molecule has 3 aromatic carbocycles. The summed E-state index contributed by atoms with van der Waals surface area (Å²) in [6.07, 6.45) is 0.215. The normalized spacial score (nSPS) is 10.2.